The van der Waals surface area contributed by atoms with Gasteiger partial charge in [0.2, 0.25) is 0 Å². The average molecular weight is 535 g/mol. The Balaban J connectivity index is 0. The second-order valence-electron chi connectivity index (χ2n) is 7.49. The van der Waals surface area contributed by atoms with Crippen LogP contribution in [0.25, 0.3) is 0 Å². The molecular weight excluding hydrogens is 483 g/mol. The van der Waals surface area contributed by atoms with Crippen molar-refractivity contribution in [2.45, 2.75) is 13.8 Å². The van der Waals surface area contributed by atoms with E-state index in [9.17, 15) is 0 Å². The van der Waals surface area contributed by atoms with Gasteiger partial charge in [-0.1, -0.05) is 0 Å². The minimum absolute atomic E-state index is 0. The molecule has 0 rings (SSSR count). The Labute approximate surface area is 216 Å². The Hall–Kier alpha value is 0.320. The van der Waals surface area contributed by atoms with Crippen molar-refractivity contribution in [1.29, 1.82) is 0 Å². The highest BCUT2D eigenvalue weighted by Gasteiger charge is 2.60. The van der Waals surface area contributed by atoms with Crippen LogP contribution in [0, 0.1) is 0 Å². The summed E-state index contributed by atoms with van der Waals surface area (Å²) in [5, 5.41) is 0. The lowest BCUT2D eigenvalue weighted by molar-refractivity contribution is -0.00000940. The molecule has 0 saturated heterocycles. The zero-order chi connectivity index (χ0) is 25.0. The molecule has 0 amide bonds. The van der Waals surface area contributed by atoms with Crippen LogP contribution in [0.2, 0.25) is 0 Å². The van der Waals surface area contributed by atoms with Crippen molar-refractivity contribution in [3.63, 3.8) is 0 Å². The molecule has 0 aromatic rings. The fourth-order valence-corrected chi connectivity index (χ4v) is 9.00. The molecule has 208 valence electrons. The highest BCUT2D eigenvalue weighted by molar-refractivity contribution is 7.66. The number of rotatable bonds is 24. The van der Waals surface area contributed by atoms with Crippen LogP contribution in [0.4, 0.5) is 0 Å². The lowest BCUT2D eigenvalue weighted by atomic mass is 10.6. The third kappa shape index (κ3) is 11.6. The molecule has 0 atom stereocenters. The van der Waals surface area contributed by atoms with E-state index < -0.39 is 7.87 Å². The van der Waals surface area contributed by atoms with E-state index in [0.29, 0.717) is 39.6 Å². The predicted molar refractivity (Wildman–Crippen MR) is 136 cm³/mol. The second kappa shape index (κ2) is 23.7. The lowest BCUT2D eigenvalue weighted by Crippen LogP contribution is -3.00. The van der Waals surface area contributed by atoms with Gasteiger partial charge in [-0.2, -0.15) is 0 Å². The van der Waals surface area contributed by atoms with Gasteiger partial charge in [0, 0.05) is 55.7 Å². The summed E-state index contributed by atoms with van der Waals surface area (Å²) in [6.45, 7) is 14.8. The summed E-state index contributed by atoms with van der Waals surface area (Å²) in [7, 11) is 8.28. The van der Waals surface area contributed by atoms with E-state index in [4.69, 9.17) is 28.4 Å². The number of hydrogen-bond donors (Lipinski definition) is 0. The molecule has 0 aromatic carbocycles. The summed E-state index contributed by atoms with van der Waals surface area (Å²) in [4.78, 5) is 0. The van der Waals surface area contributed by atoms with Crippen molar-refractivity contribution < 1.29 is 40.8 Å². The van der Waals surface area contributed by atoms with Gasteiger partial charge >= 0.3 is 7.87 Å². The summed E-state index contributed by atoms with van der Waals surface area (Å²) in [6, 6.07) is 0. The van der Waals surface area contributed by atoms with Crippen molar-refractivity contribution in [2.75, 3.05) is 135 Å². The first-order chi connectivity index (χ1) is 16.1. The van der Waals surface area contributed by atoms with E-state index in [1.54, 1.807) is 42.7 Å². The minimum Gasteiger partial charge on any atom is -1.00 e. The lowest BCUT2D eigenvalue weighted by Gasteiger charge is -2.51. The van der Waals surface area contributed by atoms with Crippen LogP contribution in [0.1, 0.15) is 13.8 Å². The van der Waals surface area contributed by atoms with E-state index in [-0.39, 0.29) is 12.4 Å². The number of halogens is 1. The van der Waals surface area contributed by atoms with Gasteiger partial charge in [-0.05, 0) is 13.8 Å². The Morgan fingerprint density at radius 1 is 0.412 bits per heavy atom. The first-order valence-corrected chi connectivity index (χ1v) is 13.5. The zero-order valence-electron chi connectivity index (χ0n) is 23.0. The highest BCUT2D eigenvalue weighted by Crippen LogP contribution is 2.69. The summed E-state index contributed by atoms with van der Waals surface area (Å²) in [6.07, 6.45) is 0. The highest BCUT2D eigenvalue weighted by atomic mass is 35.5. The smallest absolute Gasteiger partial charge is 0.309 e. The molecule has 0 bridgehead atoms. The first kappa shape index (κ1) is 36.5. The molecule has 0 heterocycles. The van der Waals surface area contributed by atoms with Gasteiger partial charge in [-0.15, -0.1) is 18.7 Å². The van der Waals surface area contributed by atoms with Crippen LogP contribution in [-0.2, 0) is 28.4 Å². The molecule has 0 unspecified atom stereocenters. The van der Waals surface area contributed by atoms with Crippen LogP contribution in [0.3, 0.4) is 0 Å². The normalized spacial score (nSPS) is 12.4. The molecular formula is C22H52ClN4O6P. The number of hydrogen-bond acceptors (Lipinski definition) is 10. The molecule has 12 heteroatoms. The third-order valence-corrected chi connectivity index (χ3v) is 10.4. The number of nitrogens with zero attached hydrogens (tertiary/aromatic N) is 4. The van der Waals surface area contributed by atoms with Gasteiger partial charge in [0.25, 0.3) is 0 Å². The van der Waals surface area contributed by atoms with Crippen LogP contribution in [0.5, 0.6) is 0 Å². The summed E-state index contributed by atoms with van der Waals surface area (Å²) < 4.78 is 43.7. The maximum Gasteiger partial charge on any atom is 0.309 e. The maximum absolute atomic E-state index is 5.56. The molecule has 0 N–H and O–H groups in total. The summed E-state index contributed by atoms with van der Waals surface area (Å²) in [5.74, 6) is 0. The van der Waals surface area contributed by atoms with Crippen molar-refractivity contribution in [3.8, 4) is 0 Å². The molecule has 10 nitrogen and oxygen atoms in total. The predicted octanol–water partition coefficient (Wildman–Crippen LogP) is -1.21. The molecule has 0 aliphatic rings. The molecule has 0 aromatic heterocycles. The van der Waals surface area contributed by atoms with Crippen LogP contribution >= 0.6 is 7.87 Å². The van der Waals surface area contributed by atoms with Gasteiger partial charge in [-0.3, -0.25) is 0 Å². The quantitative estimate of drug-likeness (QED) is 0.141. The topological polar surface area (TPSA) is 68.3 Å². The van der Waals surface area contributed by atoms with Crippen LogP contribution in [-0.4, -0.2) is 153 Å². The maximum atomic E-state index is 5.56. The zero-order valence-corrected chi connectivity index (χ0v) is 24.6. The van der Waals surface area contributed by atoms with Crippen molar-refractivity contribution >= 4 is 7.87 Å². The first-order valence-electron chi connectivity index (χ1n) is 11.9. The van der Waals surface area contributed by atoms with Gasteiger partial charge in [-0.25, -0.2) is 0 Å². The molecule has 0 radical (unpaired) electrons. The average Bonchev–Trinajstić information content (AvgIpc) is 2.83. The molecule has 0 fully saturated rings. The fourth-order valence-electron chi connectivity index (χ4n) is 4.00. The minimum atomic E-state index is -2.26. The second-order valence-corrected chi connectivity index (χ2v) is 10.8. The molecule has 0 aliphatic heterocycles. The van der Waals surface area contributed by atoms with E-state index in [2.05, 4.69) is 32.5 Å². The largest absolute Gasteiger partial charge is 1.00 e. The molecule has 34 heavy (non-hydrogen) atoms. The third-order valence-electron chi connectivity index (χ3n) is 5.57. The fraction of sp³-hybridized carbons (Fsp3) is 1.00. The Morgan fingerprint density at radius 3 is 0.765 bits per heavy atom. The van der Waals surface area contributed by atoms with Gasteiger partial charge in [0.1, 0.15) is 0 Å². The van der Waals surface area contributed by atoms with Crippen molar-refractivity contribution in [3.05, 3.63) is 0 Å². The van der Waals surface area contributed by atoms with Gasteiger partial charge in [0.15, 0.2) is 0 Å². The SMILES string of the molecule is CCN(CC)[P+](N(CCOC)CCOC)(N(CCOC)CCOC)N(CCOC)CCOC.[Cl-]. The Bertz CT molecular complexity index is 370. The number of ether oxygens (including phenoxy) is 6. The molecule has 0 aliphatic carbocycles. The summed E-state index contributed by atoms with van der Waals surface area (Å²) >= 11 is 0. The van der Waals surface area contributed by atoms with Crippen LogP contribution < -0.4 is 12.4 Å². The number of methoxy groups -OCH3 is 6. The van der Waals surface area contributed by atoms with E-state index in [0.717, 1.165) is 52.4 Å². The Kier molecular flexibility index (Phi) is 25.4. The van der Waals surface area contributed by atoms with E-state index >= 15 is 0 Å². The summed E-state index contributed by atoms with van der Waals surface area (Å²) in [5.41, 5.74) is 0. The van der Waals surface area contributed by atoms with Gasteiger partial charge in [0.05, 0.1) is 78.9 Å². The molecule has 0 saturated carbocycles. The van der Waals surface area contributed by atoms with E-state index in [1.165, 1.54) is 0 Å². The van der Waals surface area contributed by atoms with Crippen molar-refractivity contribution in [2.24, 2.45) is 0 Å². The Morgan fingerprint density at radius 2 is 0.618 bits per heavy atom. The van der Waals surface area contributed by atoms with Crippen molar-refractivity contribution in [1.82, 2.24) is 18.7 Å². The monoisotopic (exact) mass is 534 g/mol. The standard InChI is InChI=1S/C22H52N4O6P.ClH/c1-9-23(10-2)33(24(11-17-27-3)12-18-28-4,25(13-19-29-5)14-20-30-6)26(15-21-31-7)16-22-32-8;/h9-22H2,1-8H3;1H/q+1;/p-1. The van der Waals surface area contributed by atoms with E-state index in [1.807, 2.05) is 0 Å². The molecule has 0 spiro atoms. The van der Waals surface area contributed by atoms with Crippen LogP contribution in [0.15, 0.2) is 0 Å². The van der Waals surface area contributed by atoms with Gasteiger partial charge < -0.3 is 40.8 Å².